The molecule has 26 heavy (non-hydrogen) atoms. The molecule has 0 saturated carbocycles. The second kappa shape index (κ2) is 4.99. The van der Waals surface area contributed by atoms with Crippen molar-refractivity contribution < 1.29 is 4.42 Å². The Bertz CT molecular complexity index is 1430. The zero-order valence-electron chi connectivity index (χ0n) is 14.0. The first-order valence-electron chi connectivity index (χ1n) is 8.79. The SMILES string of the molecule is c1ccc2c(c1)[nH]c1cc(-c3cccc4oc5ccccc5c34)ccc12. The minimum atomic E-state index is 0.931. The Morgan fingerprint density at radius 3 is 2.31 bits per heavy atom. The molecule has 0 aliphatic rings. The lowest BCUT2D eigenvalue weighted by Crippen LogP contribution is -1.80. The van der Waals surface area contributed by atoms with Crippen molar-refractivity contribution in [2.24, 2.45) is 0 Å². The molecule has 0 fully saturated rings. The molecular formula is C24H15NO. The predicted octanol–water partition coefficient (Wildman–Crippen LogP) is 6.89. The summed E-state index contributed by atoms with van der Waals surface area (Å²) in [4.78, 5) is 3.54. The maximum atomic E-state index is 6.04. The first kappa shape index (κ1) is 13.7. The van der Waals surface area contributed by atoms with E-state index in [-0.39, 0.29) is 0 Å². The van der Waals surface area contributed by atoms with Gasteiger partial charge in [0, 0.05) is 32.6 Å². The maximum absolute atomic E-state index is 6.04. The average molecular weight is 333 g/mol. The number of hydrogen-bond acceptors (Lipinski definition) is 1. The van der Waals surface area contributed by atoms with Crippen LogP contribution in [0.4, 0.5) is 0 Å². The highest BCUT2D eigenvalue weighted by Crippen LogP contribution is 2.38. The van der Waals surface area contributed by atoms with Crippen LogP contribution >= 0.6 is 0 Å². The summed E-state index contributed by atoms with van der Waals surface area (Å²) < 4.78 is 6.04. The van der Waals surface area contributed by atoms with Crippen LogP contribution in [0.15, 0.2) is 89.3 Å². The summed E-state index contributed by atoms with van der Waals surface area (Å²) >= 11 is 0. The van der Waals surface area contributed by atoms with E-state index in [9.17, 15) is 0 Å². The number of furan rings is 1. The number of rotatable bonds is 1. The maximum Gasteiger partial charge on any atom is 0.136 e. The first-order valence-corrected chi connectivity index (χ1v) is 8.79. The Labute approximate surface area is 149 Å². The van der Waals surface area contributed by atoms with Crippen molar-refractivity contribution in [1.82, 2.24) is 4.98 Å². The molecule has 4 aromatic carbocycles. The third-order valence-electron chi connectivity index (χ3n) is 5.22. The van der Waals surface area contributed by atoms with Crippen molar-refractivity contribution in [3.05, 3.63) is 84.9 Å². The first-order chi connectivity index (χ1) is 12.9. The van der Waals surface area contributed by atoms with Crippen molar-refractivity contribution in [2.45, 2.75) is 0 Å². The predicted molar refractivity (Wildman–Crippen MR) is 109 cm³/mol. The molecule has 0 unspecified atom stereocenters. The fraction of sp³-hybridized carbons (Fsp3) is 0. The summed E-state index contributed by atoms with van der Waals surface area (Å²) in [5.74, 6) is 0. The number of H-pyrrole nitrogens is 1. The summed E-state index contributed by atoms with van der Waals surface area (Å²) in [6.45, 7) is 0. The molecule has 0 spiro atoms. The van der Waals surface area contributed by atoms with Gasteiger partial charge in [0.15, 0.2) is 0 Å². The molecule has 0 aliphatic heterocycles. The third kappa shape index (κ3) is 1.81. The highest BCUT2D eigenvalue weighted by Gasteiger charge is 2.13. The highest BCUT2D eigenvalue weighted by atomic mass is 16.3. The molecule has 0 amide bonds. The normalized spacial score (nSPS) is 11.8. The van der Waals surface area contributed by atoms with Gasteiger partial charge in [0.05, 0.1) is 0 Å². The summed E-state index contributed by atoms with van der Waals surface area (Å²) in [6, 6.07) is 29.6. The van der Waals surface area contributed by atoms with Crippen LogP contribution in [-0.2, 0) is 0 Å². The van der Waals surface area contributed by atoms with Gasteiger partial charge in [-0.25, -0.2) is 0 Å². The number of para-hydroxylation sites is 2. The molecule has 2 nitrogen and oxygen atoms in total. The molecule has 6 aromatic rings. The highest BCUT2D eigenvalue weighted by molar-refractivity contribution is 6.14. The fourth-order valence-electron chi connectivity index (χ4n) is 4.04. The number of hydrogen-bond donors (Lipinski definition) is 1. The third-order valence-corrected chi connectivity index (χ3v) is 5.22. The lowest BCUT2D eigenvalue weighted by Gasteiger charge is -2.04. The molecule has 0 saturated heterocycles. The smallest absolute Gasteiger partial charge is 0.136 e. The number of fused-ring (bicyclic) bond motifs is 6. The van der Waals surface area contributed by atoms with Gasteiger partial charge in [-0.2, -0.15) is 0 Å². The summed E-state index contributed by atoms with van der Waals surface area (Å²) in [5.41, 5.74) is 6.59. The quantitative estimate of drug-likeness (QED) is 0.349. The molecule has 0 radical (unpaired) electrons. The van der Waals surface area contributed by atoms with E-state index in [1.54, 1.807) is 0 Å². The van der Waals surface area contributed by atoms with Crippen LogP contribution in [0.2, 0.25) is 0 Å². The molecule has 2 heteroatoms. The van der Waals surface area contributed by atoms with E-state index in [0.29, 0.717) is 0 Å². The minimum Gasteiger partial charge on any atom is -0.456 e. The van der Waals surface area contributed by atoms with E-state index in [2.05, 4.69) is 71.7 Å². The number of aromatic amines is 1. The number of aromatic nitrogens is 1. The van der Waals surface area contributed by atoms with E-state index in [0.717, 1.165) is 22.1 Å². The fourth-order valence-corrected chi connectivity index (χ4v) is 4.04. The Hall–Kier alpha value is -3.52. The second-order valence-electron chi connectivity index (χ2n) is 6.71. The van der Waals surface area contributed by atoms with Gasteiger partial charge >= 0.3 is 0 Å². The molecule has 0 atom stereocenters. The van der Waals surface area contributed by atoms with E-state index < -0.39 is 0 Å². The van der Waals surface area contributed by atoms with E-state index in [1.807, 2.05) is 18.2 Å². The van der Waals surface area contributed by atoms with Crippen LogP contribution in [0.1, 0.15) is 0 Å². The lowest BCUT2D eigenvalue weighted by atomic mass is 9.98. The van der Waals surface area contributed by atoms with Gasteiger partial charge < -0.3 is 9.40 Å². The van der Waals surface area contributed by atoms with Crippen LogP contribution in [0, 0.1) is 0 Å². The van der Waals surface area contributed by atoms with Gasteiger partial charge in [-0.3, -0.25) is 0 Å². The topological polar surface area (TPSA) is 28.9 Å². The molecule has 2 heterocycles. The number of nitrogens with one attached hydrogen (secondary N) is 1. The van der Waals surface area contributed by atoms with E-state index in [1.165, 1.54) is 32.8 Å². The summed E-state index contributed by atoms with van der Waals surface area (Å²) in [7, 11) is 0. The average Bonchev–Trinajstić information content (AvgIpc) is 3.25. The molecule has 2 aromatic heterocycles. The molecule has 122 valence electrons. The Morgan fingerprint density at radius 1 is 0.577 bits per heavy atom. The van der Waals surface area contributed by atoms with Crippen LogP contribution in [0.5, 0.6) is 0 Å². The Kier molecular flexibility index (Phi) is 2.64. The van der Waals surface area contributed by atoms with Crippen molar-refractivity contribution in [2.75, 3.05) is 0 Å². The zero-order valence-corrected chi connectivity index (χ0v) is 14.0. The van der Waals surface area contributed by atoms with Gasteiger partial charge in [0.25, 0.3) is 0 Å². The monoisotopic (exact) mass is 333 g/mol. The van der Waals surface area contributed by atoms with Gasteiger partial charge in [0.2, 0.25) is 0 Å². The van der Waals surface area contributed by atoms with Gasteiger partial charge in [-0.1, -0.05) is 60.7 Å². The van der Waals surface area contributed by atoms with E-state index >= 15 is 0 Å². The largest absolute Gasteiger partial charge is 0.456 e. The van der Waals surface area contributed by atoms with Crippen molar-refractivity contribution in [3.8, 4) is 11.1 Å². The van der Waals surface area contributed by atoms with Crippen LogP contribution in [0.25, 0.3) is 54.9 Å². The van der Waals surface area contributed by atoms with Crippen LogP contribution in [0.3, 0.4) is 0 Å². The molecular weight excluding hydrogens is 318 g/mol. The van der Waals surface area contributed by atoms with Gasteiger partial charge in [-0.05, 0) is 35.4 Å². The summed E-state index contributed by atoms with van der Waals surface area (Å²) in [5, 5.41) is 4.86. The number of benzene rings is 4. The van der Waals surface area contributed by atoms with Crippen LogP contribution < -0.4 is 0 Å². The molecule has 6 rings (SSSR count). The minimum absolute atomic E-state index is 0.931. The van der Waals surface area contributed by atoms with Gasteiger partial charge in [0.1, 0.15) is 11.2 Å². The van der Waals surface area contributed by atoms with E-state index in [4.69, 9.17) is 4.42 Å². The Balaban J connectivity index is 1.68. The van der Waals surface area contributed by atoms with Crippen molar-refractivity contribution >= 4 is 43.7 Å². The molecule has 0 bridgehead atoms. The standard InChI is InChI=1S/C24H15NO/c1-3-9-20-17(6-1)18-13-12-15(14-21(18)25-20)16-8-5-11-23-24(16)19-7-2-4-10-22(19)26-23/h1-14,25H. The summed E-state index contributed by atoms with van der Waals surface area (Å²) in [6.07, 6.45) is 0. The second-order valence-corrected chi connectivity index (χ2v) is 6.71. The Morgan fingerprint density at radius 2 is 1.35 bits per heavy atom. The molecule has 1 N–H and O–H groups in total. The van der Waals surface area contributed by atoms with Crippen molar-refractivity contribution in [3.63, 3.8) is 0 Å². The lowest BCUT2D eigenvalue weighted by molar-refractivity contribution is 0.669. The van der Waals surface area contributed by atoms with Crippen molar-refractivity contribution in [1.29, 1.82) is 0 Å². The zero-order chi connectivity index (χ0) is 17.1. The van der Waals surface area contributed by atoms with Gasteiger partial charge in [-0.15, -0.1) is 0 Å². The molecule has 0 aliphatic carbocycles. The van der Waals surface area contributed by atoms with Crippen LogP contribution in [-0.4, -0.2) is 4.98 Å².